The first-order valence-corrected chi connectivity index (χ1v) is 10.8. The zero-order valence-electron chi connectivity index (χ0n) is 18.2. The Morgan fingerprint density at radius 1 is 1.14 bits per heavy atom. The van der Waals surface area contributed by atoms with Crippen molar-refractivity contribution in [3.63, 3.8) is 0 Å². The Kier molecular flexibility index (Phi) is 6.73. The van der Waals surface area contributed by atoms with Gasteiger partial charge >= 0.3 is 12.6 Å². The highest BCUT2D eigenvalue weighted by Gasteiger charge is 2.40. The van der Waals surface area contributed by atoms with Crippen molar-refractivity contribution in [2.75, 3.05) is 36.4 Å². The van der Waals surface area contributed by atoms with Crippen LogP contribution < -0.4 is 10.2 Å². The lowest BCUT2D eigenvalue weighted by Crippen LogP contribution is -2.42. The predicted molar refractivity (Wildman–Crippen MR) is 111 cm³/mol. The van der Waals surface area contributed by atoms with Crippen LogP contribution in [0, 0.1) is 0 Å². The number of nitrogens with zero attached hydrogens (tertiary/aromatic N) is 5. The molecule has 0 saturated carbocycles. The van der Waals surface area contributed by atoms with Gasteiger partial charge in [0.2, 0.25) is 5.95 Å². The van der Waals surface area contributed by atoms with Crippen molar-refractivity contribution in [2.24, 2.45) is 0 Å². The summed E-state index contributed by atoms with van der Waals surface area (Å²) in [6, 6.07) is 2.97. The molecule has 2 aliphatic heterocycles. The van der Waals surface area contributed by atoms with Gasteiger partial charge in [-0.15, -0.1) is 0 Å². The summed E-state index contributed by atoms with van der Waals surface area (Å²) in [5.41, 5.74) is -0.649. The number of alkyl halides is 7. The van der Waals surface area contributed by atoms with E-state index in [9.17, 15) is 35.5 Å². The van der Waals surface area contributed by atoms with E-state index >= 15 is 0 Å². The first kappa shape index (κ1) is 24.9. The topological polar surface area (TPSA) is 74.2 Å². The highest BCUT2D eigenvalue weighted by atomic mass is 19.4. The van der Waals surface area contributed by atoms with Gasteiger partial charge in [0.05, 0.1) is 17.8 Å². The number of carbonyl (C=O) groups is 1. The van der Waals surface area contributed by atoms with Gasteiger partial charge in [0.25, 0.3) is 11.8 Å². The van der Waals surface area contributed by atoms with Crippen LogP contribution in [0.4, 0.5) is 48.3 Å². The molecule has 1 N–H and O–H groups in total. The second kappa shape index (κ2) is 9.46. The number of halogens is 7. The molecule has 7 nitrogen and oxygen atoms in total. The van der Waals surface area contributed by atoms with E-state index in [-0.39, 0.29) is 37.2 Å². The molecule has 4 rings (SSSR count). The minimum atomic E-state index is -4.61. The molecule has 1 amide bonds. The Bertz CT molecular complexity index is 1080. The van der Waals surface area contributed by atoms with Crippen LogP contribution >= 0.6 is 0 Å². The Labute approximate surface area is 195 Å². The van der Waals surface area contributed by atoms with Gasteiger partial charge < -0.3 is 15.1 Å². The fraction of sp³-hybridized carbons (Fsp3) is 0.524. The normalized spacial score (nSPS) is 20.4. The molecule has 14 heteroatoms. The molecule has 0 aromatic carbocycles. The van der Waals surface area contributed by atoms with Crippen LogP contribution in [-0.4, -0.2) is 64.3 Å². The SMILES string of the molecule is O=C(C(F)F)N1CCCC(c2cc(Nc3cc(C(F)(F)F)ccn3)nc(N3CCC(F)(F)C3)n2)C1. The fourth-order valence-electron chi connectivity index (χ4n) is 4.14. The zero-order valence-corrected chi connectivity index (χ0v) is 18.2. The summed E-state index contributed by atoms with van der Waals surface area (Å²) in [5.74, 6) is -5.02. The van der Waals surface area contributed by atoms with Crippen molar-refractivity contribution in [1.29, 1.82) is 0 Å². The van der Waals surface area contributed by atoms with Crippen LogP contribution in [0.1, 0.15) is 36.4 Å². The molecule has 0 bridgehead atoms. The van der Waals surface area contributed by atoms with Gasteiger partial charge in [-0.05, 0) is 25.0 Å². The van der Waals surface area contributed by atoms with Crippen LogP contribution in [0.5, 0.6) is 0 Å². The molecule has 2 aromatic heterocycles. The van der Waals surface area contributed by atoms with Crippen molar-refractivity contribution >= 4 is 23.5 Å². The molecule has 4 heterocycles. The van der Waals surface area contributed by atoms with Crippen molar-refractivity contribution in [2.45, 2.75) is 43.7 Å². The number of nitrogens with one attached hydrogen (secondary N) is 1. The number of anilines is 3. The summed E-state index contributed by atoms with van der Waals surface area (Å²) in [5, 5.41) is 2.66. The summed E-state index contributed by atoms with van der Waals surface area (Å²) in [7, 11) is 0. The van der Waals surface area contributed by atoms with E-state index in [2.05, 4.69) is 20.3 Å². The molecule has 2 fully saturated rings. The summed E-state index contributed by atoms with van der Waals surface area (Å²) < 4.78 is 92.7. The number of aromatic nitrogens is 3. The number of hydrogen-bond acceptors (Lipinski definition) is 6. The molecule has 2 aromatic rings. The van der Waals surface area contributed by atoms with Crippen molar-refractivity contribution in [3.05, 3.63) is 35.7 Å². The quantitative estimate of drug-likeness (QED) is 0.605. The number of hydrogen-bond donors (Lipinski definition) is 1. The average molecular weight is 506 g/mol. The lowest BCUT2D eigenvalue weighted by molar-refractivity contribution is -0.144. The first-order valence-electron chi connectivity index (χ1n) is 10.8. The number of carbonyl (C=O) groups excluding carboxylic acids is 1. The maximum absolute atomic E-state index is 13.8. The molecule has 1 unspecified atom stereocenters. The van der Waals surface area contributed by atoms with Crippen molar-refractivity contribution < 1.29 is 35.5 Å². The molecule has 0 radical (unpaired) electrons. The van der Waals surface area contributed by atoms with E-state index in [0.29, 0.717) is 18.5 Å². The monoisotopic (exact) mass is 506 g/mol. The van der Waals surface area contributed by atoms with E-state index in [1.165, 1.54) is 11.0 Å². The second-order valence-corrected chi connectivity index (χ2v) is 8.48. The Balaban J connectivity index is 1.66. The van der Waals surface area contributed by atoms with Gasteiger partial charge in [-0.2, -0.15) is 26.9 Å². The average Bonchev–Trinajstić information content (AvgIpc) is 3.17. The van der Waals surface area contributed by atoms with Gasteiger partial charge in [0.15, 0.2) is 0 Å². The lowest BCUT2D eigenvalue weighted by Gasteiger charge is -2.32. The minimum Gasteiger partial charge on any atom is -0.337 e. The Hall–Kier alpha value is -3.19. The third kappa shape index (κ3) is 5.90. The van der Waals surface area contributed by atoms with E-state index in [4.69, 9.17) is 0 Å². The highest BCUT2D eigenvalue weighted by molar-refractivity contribution is 5.79. The summed E-state index contributed by atoms with van der Waals surface area (Å²) in [4.78, 5) is 26.5. The largest absolute Gasteiger partial charge is 0.416 e. The standard InChI is InChI=1S/C21H21F7N6O/c22-17(23)18(35)33-6-1-2-12(10-33)14-9-16(31-15-8-13(3-5-29-15)21(26,27)28)32-19(30-14)34-7-4-20(24,25)11-34/h3,5,8-9,12,17H,1-2,4,6-7,10-11H2,(H,29,30,31,32). The number of pyridine rings is 1. The van der Waals surface area contributed by atoms with Crippen molar-refractivity contribution in [3.8, 4) is 0 Å². The number of likely N-dealkylation sites (tertiary alicyclic amines) is 1. The Morgan fingerprint density at radius 3 is 2.57 bits per heavy atom. The second-order valence-electron chi connectivity index (χ2n) is 8.48. The number of amides is 1. The molecule has 2 saturated heterocycles. The maximum atomic E-state index is 13.8. The number of piperidine rings is 1. The van der Waals surface area contributed by atoms with E-state index < -0.39 is 48.9 Å². The fourth-order valence-corrected chi connectivity index (χ4v) is 4.14. The van der Waals surface area contributed by atoms with Gasteiger partial charge in [0.1, 0.15) is 11.6 Å². The Morgan fingerprint density at radius 2 is 1.91 bits per heavy atom. The van der Waals surface area contributed by atoms with Crippen LogP contribution in [0.25, 0.3) is 0 Å². The smallest absolute Gasteiger partial charge is 0.337 e. The van der Waals surface area contributed by atoms with Gasteiger partial charge in [-0.25, -0.2) is 18.7 Å². The molecule has 1 atom stereocenters. The van der Waals surface area contributed by atoms with Crippen LogP contribution in [0.3, 0.4) is 0 Å². The van der Waals surface area contributed by atoms with Gasteiger partial charge in [0, 0.05) is 44.2 Å². The molecule has 35 heavy (non-hydrogen) atoms. The molecule has 0 aliphatic carbocycles. The third-order valence-electron chi connectivity index (χ3n) is 5.87. The molecule has 0 spiro atoms. The predicted octanol–water partition coefficient (Wildman–Crippen LogP) is 4.45. The summed E-state index contributed by atoms with van der Waals surface area (Å²) in [6.45, 7) is -0.594. The van der Waals surface area contributed by atoms with E-state index in [0.717, 1.165) is 23.2 Å². The highest BCUT2D eigenvalue weighted by Crippen LogP contribution is 2.34. The molecule has 190 valence electrons. The summed E-state index contributed by atoms with van der Waals surface area (Å²) >= 11 is 0. The summed E-state index contributed by atoms with van der Waals surface area (Å²) in [6.07, 6.45) is -6.32. The molecular weight excluding hydrogens is 485 g/mol. The number of rotatable bonds is 5. The molecule has 2 aliphatic rings. The maximum Gasteiger partial charge on any atom is 0.416 e. The zero-order chi connectivity index (χ0) is 25.4. The van der Waals surface area contributed by atoms with Crippen LogP contribution in [-0.2, 0) is 11.0 Å². The minimum absolute atomic E-state index is 0.00403. The van der Waals surface area contributed by atoms with Gasteiger partial charge in [-0.1, -0.05) is 0 Å². The van der Waals surface area contributed by atoms with Crippen molar-refractivity contribution in [1.82, 2.24) is 19.9 Å². The van der Waals surface area contributed by atoms with E-state index in [1.54, 1.807) is 0 Å². The van der Waals surface area contributed by atoms with E-state index in [1.807, 2.05) is 0 Å². The first-order chi connectivity index (χ1) is 16.4. The molecular formula is C21H21F7N6O. The third-order valence-corrected chi connectivity index (χ3v) is 5.87. The lowest BCUT2D eigenvalue weighted by atomic mass is 9.94. The van der Waals surface area contributed by atoms with Crippen LogP contribution in [0.15, 0.2) is 24.4 Å². The van der Waals surface area contributed by atoms with Gasteiger partial charge in [-0.3, -0.25) is 4.79 Å². The van der Waals surface area contributed by atoms with Crippen LogP contribution in [0.2, 0.25) is 0 Å².